The van der Waals surface area contributed by atoms with Crippen LogP contribution in [0.25, 0.3) is 11.3 Å². The summed E-state index contributed by atoms with van der Waals surface area (Å²) < 4.78 is 6.09. The zero-order chi connectivity index (χ0) is 22.1. The number of ether oxygens (including phenoxy) is 1. The van der Waals surface area contributed by atoms with E-state index in [-0.39, 0.29) is 12.1 Å². The number of nitrogens with zero attached hydrogens (tertiary/aromatic N) is 2. The molecule has 0 bridgehead atoms. The van der Waals surface area contributed by atoms with E-state index in [0.29, 0.717) is 19.4 Å². The van der Waals surface area contributed by atoms with E-state index in [1.807, 2.05) is 72.4 Å². The van der Waals surface area contributed by atoms with Crippen LogP contribution in [0.4, 0.5) is 4.79 Å². The van der Waals surface area contributed by atoms with E-state index in [9.17, 15) is 9.90 Å². The van der Waals surface area contributed by atoms with Crippen molar-refractivity contribution in [2.24, 2.45) is 0 Å². The summed E-state index contributed by atoms with van der Waals surface area (Å²) in [6.45, 7) is 6.08. The van der Waals surface area contributed by atoms with Gasteiger partial charge in [0.2, 0.25) is 0 Å². The van der Waals surface area contributed by atoms with Crippen LogP contribution in [0.15, 0.2) is 65.5 Å². The van der Waals surface area contributed by atoms with Gasteiger partial charge < -0.3 is 14.7 Å². The summed E-state index contributed by atoms with van der Waals surface area (Å²) in [4.78, 5) is 19.3. The summed E-state index contributed by atoms with van der Waals surface area (Å²) in [6, 6.07) is 17.8. The molecule has 162 valence electrons. The highest BCUT2D eigenvalue weighted by Crippen LogP contribution is 2.42. The van der Waals surface area contributed by atoms with Crippen molar-refractivity contribution < 1.29 is 14.6 Å². The number of aliphatic hydroxyl groups is 1. The van der Waals surface area contributed by atoms with E-state index in [1.54, 1.807) is 30.1 Å². The van der Waals surface area contributed by atoms with Gasteiger partial charge in [-0.3, -0.25) is 0 Å². The Kier molecular flexibility index (Phi) is 5.86. The van der Waals surface area contributed by atoms with E-state index < -0.39 is 11.2 Å². The van der Waals surface area contributed by atoms with E-state index in [1.165, 1.54) is 0 Å². The lowest BCUT2D eigenvalue weighted by molar-refractivity contribution is -0.101. The Morgan fingerprint density at radius 2 is 1.90 bits per heavy atom. The van der Waals surface area contributed by atoms with E-state index in [2.05, 4.69) is 4.98 Å². The second kappa shape index (κ2) is 8.44. The summed E-state index contributed by atoms with van der Waals surface area (Å²) in [5.41, 5.74) is 4.02. The van der Waals surface area contributed by atoms with Crippen molar-refractivity contribution in [1.29, 1.82) is 0 Å². The second-order valence-corrected chi connectivity index (χ2v) is 9.55. The predicted molar refractivity (Wildman–Crippen MR) is 123 cm³/mol. The highest BCUT2D eigenvalue weighted by Gasteiger charge is 2.46. The highest BCUT2D eigenvalue weighted by molar-refractivity contribution is 7.07. The Labute approximate surface area is 187 Å². The fraction of sp³-hybridized carbons (Fsp3) is 0.360. The van der Waals surface area contributed by atoms with E-state index in [0.717, 1.165) is 22.4 Å². The lowest BCUT2D eigenvalue weighted by atomic mass is 9.80. The summed E-state index contributed by atoms with van der Waals surface area (Å²) >= 11 is 1.57. The van der Waals surface area contributed by atoms with Crippen LogP contribution in [0.3, 0.4) is 0 Å². The van der Waals surface area contributed by atoms with Crippen LogP contribution in [-0.4, -0.2) is 33.2 Å². The number of carbonyl (C=O) groups is 1. The van der Waals surface area contributed by atoms with Crippen molar-refractivity contribution >= 4 is 17.4 Å². The number of aromatic nitrogens is 1. The summed E-state index contributed by atoms with van der Waals surface area (Å²) in [7, 11) is 0. The highest BCUT2D eigenvalue weighted by atomic mass is 32.1. The molecule has 2 atom stereocenters. The van der Waals surface area contributed by atoms with Gasteiger partial charge >= 0.3 is 6.09 Å². The largest absolute Gasteiger partial charge is 0.438 e. The molecule has 1 aliphatic heterocycles. The van der Waals surface area contributed by atoms with Crippen molar-refractivity contribution in [3.63, 3.8) is 0 Å². The van der Waals surface area contributed by atoms with Crippen molar-refractivity contribution in [2.45, 2.75) is 50.9 Å². The van der Waals surface area contributed by atoms with Gasteiger partial charge in [-0.2, -0.15) is 0 Å². The first kappa shape index (κ1) is 21.5. The fourth-order valence-corrected chi connectivity index (χ4v) is 4.92. The van der Waals surface area contributed by atoms with Crippen LogP contribution in [0, 0.1) is 0 Å². The molecule has 2 aromatic carbocycles. The standard InChI is InChI=1S/C25H28N2O3S/c1-18(19-9-11-20(12-10-19)22-15-31-17-26-22)27-14-13-25(30-23(27)28,16-24(2,3)29)21-7-5-4-6-8-21/h4-12,15,17-18,29H,13-14,16H2,1-3H3. The molecule has 2 unspecified atom stereocenters. The maximum Gasteiger partial charge on any atom is 0.411 e. The molecule has 1 aromatic heterocycles. The summed E-state index contributed by atoms with van der Waals surface area (Å²) in [6.07, 6.45) is 0.615. The first-order valence-electron chi connectivity index (χ1n) is 10.5. The lowest BCUT2D eigenvalue weighted by Crippen LogP contribution is -2.51. The lowest BCUT2D eigenvalue weighted by Gasteiger charge is -2.45. The molecule has 0 radical (unpaired) electrons. The molecule has 6 heteroatoms. The number of cyclic esters (lactones) is 1. The normalized spacial score (nSPS) is 20.4. The molecule has 1 amide bonds. The minimum Gasteiger partial charge on any atom is -0.438 e. The molecular formula is C25H28N2O3S. The van der Waals surface area contributed by atoms with E-state index >= 15 is 0 Å². The number of hydrogen-bond acceptors (Lipinski definition) is 5. The number of rotatable bonds is 6. The molecule has 31 heavy (non-hydrogen) atoms. The fourth-order valence-electron chi connectivity index (χ4n) is 4.36. The van der Waals surface area contributed by atoms with Crippen LogP contribution in [-0.2, 0) is 10.3 Å². The minimum atomic E-state index is -0.963. The summed E-state index contributed by atoms with van der Waals surface area (Å²) in [5.74, 6) is 0. The van der Waals surface area contributed by atoms with E-state index in [4.69, 9.17) is 4.74 Å². The minimum absolute atomic E-state index is 0.118. The Bertz CT molecular complexity index is 1010. The van der Waals surface area contributed by atoms with Gasteiger partial charge in [-0.1, -0.05) is 54.6 Å². The second-order valence-electron chi connectivity index (χ2n) is 8.83. The first-order valence-corrected chi connectivity index (χ1v) is 11.5. The number of carbonyl (C=O) groups excluding carboxylic acids is 1. The topological polar surface area (TPSA) is 62.7 Å². The Morgan fingerprint density at radius 3 is 2.48 bits per heavy atom. The van der Waals surface area contributed by atoms with Crippen LogP contribution in [0.5, 0.6) is 0 Å². The first-order chi connectivity index (χ1) is 14.8. The maximum atomic E-state index is 13.2. The zero-order valence-corrected chi connectivity index (χ0v) is 18.9. The third-order valence-corrected chi connectivity index (χ3v) is 6.47. The Hall–Kier alpha value is -2.70. The number of thiazole rings is 1. The Morgan fingerprint density at radius 1 is 1.19 bits per heavy atom. The molecule has 5 nitrogen and oxygen atoms in total. The number of benzene rings is 2. The van der Waals surface area contributed by atoms with Crippen molar-refractivity contribution in [1.82, 2.24) is 9.88 Å². The molecule has 1 saturated heterocycles. The monoisotopic (exact) mass is 436 g/mol. The molecule has 4 rings (SSSR count). The molecule has 0 aliphatic carbocycles. The van der Waals surface area contributed by atoms with Crippen LogP contribution >= 0.6 is 11.3 Å². The zero-order valence-electron chi connectivity index (χ0n) is 18.1. The number of amides is 1. The van der Waals surface area contributed by atoms with Crippen LogP contribution < -0.4 is 0 Å². The average molecular weight is 437 g/mol. The van der Waals surface area contributed by atoms with Crippen LogP contribution in [0.2, 0.25) is 0 Å². The van der Waals surface area contributed by atoms with Crippen molar-refractivity contribution in [3.8, 4) is 11.3 Å². The molecule has 1 fully saturated rings. The Balaban J connectivity index is 1.54. The summed E-state index contributed by atoms with van der Waals surface area (Å²) in [5, 5.41) is 12.6. The SMILES string of the molecule is CC(c1ccc(-c2cscn2)cc1)N1CCC(CC(C)(C)O)(c2ccccc2)OC1=O. The van der Waals surface area contributed by atoms with Gasteiger partial charge in [0.05, 0.1) is 22.8 Å². The van der Waals surface area contributed by atoms with Gasteiger partial charge in [0.1, 0.15) is 5.60 Å². The van der Waals surface area contributed by atoms with Gasteiger partial charge in [0.25, 0.3) is 0 Å². The maximum absolute atomic E-state index is 13.2. The van der Waals surface area contributed by atoms with Crippen molar-refractivity contribution in [2.75, 3.05) is 6.54 Å². The molecule has 1 N–H and O–H groups in total. The molecule has 2 heterocycles. The average Bonchev–Trinajstić information content (AvgIpc) is 3.28. The van der Waals surface area contributed by atoms with Crippen LogP contribution in [0.1, 0.15) is 50.8 Å². The van der Waals surface area contributed by atoms with Gasteiger partial charge in [-0.05, 0) is 31.9 Å². The van der Waals surface area contributed by atoms with Gasteiger partial charge in [0, 0.05) is 30.3 Å². The molecule has 0 spiro atoms. The van der Waals surface area contributed by atoms with Gasteiger partial charge in [0.15, 0.2) is 0 Å². The predicted octanol–water partition coefficient (Wildman–Crippen LogP) is 5.77. The van der Waals surface area contributed by atoms with Gasteiger partial charge in [-0.25, -0.2) is 9.78 Å². The number of hydrogen-bond donors (Lipinski definition) is 1. The third kappa shape index (κ3) is 4.65. The molecule has 3 aromatic rings. The quantitative estimate of drug-likeness (QED) is 0.533. The smallest absolute Gasteiger partial charge is 0.411 e. The molecule has 1 aliphatic rings. The molecule has 0 saturated carbocycles. The third-order valence-electron chi connectivity index (χ3n) is 5.88. The van der Waals surface area contributed by atoms with Crippen molar-refractivity contribution in [3.05, 3.63) is 76.6 Å². The molecular weight excluding hydrogens is 408 g/mol. The van der Waals surface area contributed by atoms with Gasteiger partial charge in [-0.15, -0.1) is 11.3 Å².